The second-order valence-electron chi connectivity index (χ2n) is 25.9. The third-order valence-electron chi connectivity index (χ3n) is 20.4. The molecule has 0 amide bonds. The van der Waals surface area contributed by atoms with E-state index in [1.54, 1.807) is 0 Å². The summed E-state index contributed by atoms with van der Waals surface area (Å²) in [5.74, 6) is 0. The Hall–Kier alpha value is -11.4. The van der Waals surface area contributed by atoms with Crippen LogP contribution in [0, 0.1) is 0 Å². The molecule has 0 radical (unpaired) electrons. The molecule has 0 unspecified atom stereocenters. The molecule has 0 heterocycles. The highest BCUT2D eigenvalue weighted by atomic mass is 28.3. The molecule has 0 aromatic heterocycles. The molecule has 0 fully saturated rings. The number of fused-ring (bicyclic) bond motifs is 9. The zero-order valence-electron chi connectivity index (χ0n) is 53.2. The van der Waals surface area contributed by atoms with Gasteiger partial charge in [0.15, 0.2) is 16.1 Å². The first kappa shape index (κ1) is 57.5. The maximum absolute atomic E-state index is 2.80. The summed E-state index contributed by atoms with van der Waals surface area (Å²) in [7, 11) is -5.58. The van der Waals surface area contributed by atoms with Gasteiger partial charge >= 0.3 is 0 Å². The summed E-state index contributed by atoms with van der Waals surface area (Å²) in [6, 6.07) is 141. The van der Waals surface area contributed by atoms with E-state index in [0.717, 1.165) is 34.1 Å². The topological polar surface area (TPSA) is 6.48 Å². The first-order chi connectivity index (χ1) is 46.9. The molecule has 450 valence electrons. The predicted molar refractivity (Wildman–Crippen MR) is 411 cm³/mol. The Morgan fingerprint density at radius 2 is 0.547 bits per heavy atom. The normalized spacial score (nSPS) is 12.6. The third kappa shape index (κ3) is 9.50. The average molecular weight is 1250 g/mol. The summed E-state index contributed by atoms with van der Waals surface area (Å²) in [5.41, 5.74) is 11.6. The van der Waals surface area contributed by atoms with Crippen molar-refractivity contribution in [3.63, 3.8) is 0 Å². The van der Waals surface area contributed by atoms with Gasteiger partial charge in [0.05, 0.1) is 5.69 Å². The summed E-state index contributed by atoms with van der Waals surface area (Å²) in [6.45, 7) is 4.90. The van der Waals surface area contributed by atoms with Gasteiger partial charge in [-0.05, 0) is 168 Å². The lowest BCUT2D eigenvalue weighted by Gasteiger charge is -2.35. The lowest BCUT2D eigenvalue weighted by atomic mass is 9.79. The fourth-order valence-electron chi connectivity index (χ4n) is 16.2. The molecule has 16 aromatic carbocycles. The average Bonchev–Trinajstić information content (AvgIpc) is 1.56. The number of anilines is 6. The smallest absolute Gasteiger partial charge is 0.179 e. The predicted octanol–water partition coefficient (Wildman–Crippen LogP) is 18.3. The van der Waals surface area contributed by atoms with E-state index in [4.69, 9.17) is 0 Å². The monoisotopic (exact) mass is 1240 g/mol. The molecule has 17 rings (SSSR count). The van der Waals surface area contributed by atoms with Crippen LogP contribution in [0.3, 0.4) is 0 Å². The van der Waals surface area contributed by atoms with Gasteiger partial charge in [0, 0.05) is 39.2 Å². The van der Waals surface area contributed by atoms with Crippen molar-refractivity contribution in [2.75, 3.05) is 9.80 Å². The highest BCUT2D eigenvalue weighted by molar-refractivity contribution is 7.20. The minimum Gasteiger partial charge on any atom is -0.310 e. The van der Waals surface area contributed by atoms with Crippen LogP contribution in [0.15, 0.2) is 376 Å². The Labute approximate surface area is 558 Å². The Morgan fingerprint density at radius 1 is 0.232 bits per heavy atom. The molecule has 0 spiro atoms. The van der Waals surface area contributed by atoms with Crippen LogP contribution >= 0.6 is 0 Å². The zero-order valence-corrected chi connectivity index (χ0v) is 55.2. The van der Waals surface area contributed by atoms with E-state index in [9.17, 15) is 0 Å². The minimum absolute atomic E-state index is 0.379. The Kier molecular flexibility index (Phi) is 14.3. The van der Waals surface area contributed by atoms with Crippen molar-refractivity contribution in [1.82, 2.24) is 0 Å². The summed E-state index contributed by atoms with van der Waals surface area (Å²) >= 11 is 0. The van der Waals surface area contributed by atoms with Gasteiger partial charge in [0.2, 0.25) is 0 Å². The van der Waals surface area contributed by atoms with Crippen LogP contribution in [-0.2, 0) is 5.41 Å². The molecule has 4 heteroatoms. The van der Waals surface area contributed by atoms with E-state index in [1.807, 2.05) is 0 Å². The largest absolute Gasteiger partial charge is 0.310 e. The SMILES string of the molecule is CC1(C)c2cc(N(c3ccc([Si](c4ccccc4)(c4ccccc4)c4ccccc4)cc3)c3ccc4ccccc4c3)c3ccccc3c2-c2ccc3cc(N(c4ccc([Si](c5ccccc5)(c5ccccc5)c5ccccc5)cc4)c4ccc5ccccc5c4)ccc3c21. The van der Waals surface area contributed by atoms with Crippen molar-refractivity contribution in [3.05, 3.63) is 387 Å². The van der Waals surface area contributed by atoms with Crippen LogP contribution in [0.4, 0.5) is 34.1 Å². The van der Waals surface area contributed by atoms with E-state index < -0.39 is 16.1 Å². The molecule has 2 nitrogen and oxygen atoms in total. The number of hydrogen-bond donors (Lipinski definition) is 0. The van der Waals surface area contributed by atoms with Crippen molar-refractivity contribution in [1.29, 1.82) is 0 Å². The van der Waals surface area contributed by atoms with Gasteiger partial charge in [0.25, 0.3) is 0 Å². The highest BCUT2D eigenvalue weighted by Crippen LogP contribution is 2.57. The number of benzene rings is 16. The molecule has 0 saturated heterocycles. The van der Waals surface area contributed by atoms with E-state index in [0.29, 0.717) is 0 Å². The van der Waals surface area contributed by atoms with Gasteiger partial charge < -0.3 is 9.80 Å². The summed E-state index contributed by atoms with van der Waals surface area (Å²) in [6.07, 6.45) is 0. The van der Waals surface area contributed by atoms with Crippen LogP contribution in [0.25, 0.3) is 54.2 Å². The fourth-order valence-corrected chi connectivity index (χ4v) is 25.6. The van der Waals surface area contributed by atoms with E-state index in [1.165, 1.54) is 107 Å². The molecule has 0 aliphatic heterocycles. The van der Waals surface area contributed by atoms with E-state index >= 15 is 0 Å². The number of nitrogens with zero attached hydrogens (tertiary/aromatic N) is 2. The van der Waals surface area contributed by atoms with Gasteiger partial charge in [-0.3, -0.25) is 0 Å². The van der Waals surface area contributed by atoms with Gasteiger partial charge in [-0.15, -0.1) is 0 Å². The fraction of sp³-hybridized carbons (Fsp3) is 0.0330. The summed E-state index contributed by atoms with van der Waals surface area (Å²) in [5, 5.41) is 20.6. The maximum Gasteiger partial charge on any atom is 0.179 e. The van der Waals surface area contributed by atoms with Crippen molar-refractivity contribution < 1.29 is 0 Å². The van der Waals surface area contributed by atoms with E-state index in [2.05, 4.69) is 400 Å². The van der Waals surface area contributed by atoms with Gasteiger partial charge in [-0.1, -0.05) is 323 Å². The maximum atomic E-state index is 2.54. The van der Waals surface area contributed by atoms with Crippen LogP contribution in [0.1, 0.15) is 25.0 Å². The Morgan fingerprint density at radius 3 is 0.979 bits per heavy atom. The molecule has 95 heavy (non-hydrogen) atoms. The second kappa shape index (κ2) is 23.6. The standard InChI is InChI=1S/C91H68N2Si2/c1-91(2)87-64-88(93(74-49-46-66-28-22-24-30-68(66)62-74)71-52-57-82(58-53-71)95(78-37-15-6-16-38-78,79-39-17-7-18-40-79)80-41-19-8-20-42-80)84-43-25-26-44-85(84)89(87)86-59-47-69-63-73(54-60-83(69)90(86)91)92(72-48-45-65-27-21-23-29-67(65)61-72)70-50-55-81(56-51-70)94(75-31-9-3-10-32-75,76-33-11-4-12-34-76)77-35-13-5-14-36-77/h3-64H,1-2H3. The molecule has 1 aliphatic rings. The highest BCUT2D eigenvalue weighted by Gasteiger charge is 2.44. The molecule has 0 atom stereocenters. The van der Waals surface area contributed by atoms with Crippen molar-refractivity contribution >= 4 is 135 Å². The summed E-state index contributed by atoms with van der Waals surface area (Å²) < 4.78 is 0. The Bertz CT molecular complexity index is 5300. The van der Waals surface area contributed by atoms with Crippen LogP contribution in [-0.4, -0.2) is 16.1 Å². The van der Waals surface area contributed by atoms with Gasteiger partial charge in [0.1, 0.15) is 0 Å². The third-order valence-corrected chi connectivity index (χ3v) is 30.0. The van der Waals surface area contributed by atoms with Crippen LogP contribution < -0.4 is 51.3 Å². The molecular formula is C91H68N2Si2. The lowest BCUT2D eigenvalue weighted by molar-refractivity contribution is 0.667. The minimum atomic E-state index is -2.80. The van der Waals surface area contributed by atoms with E-state index in [-0.39, 0.29) is 5.41 Å². The summed E-state index contributed by atoms with van der Waals surface area (Å²) in [4.78, 5) is 4.99. The quantitative estimate of drug-likeness (QED) is 0.0791. The first-order valence-electron chi connectivity index (χ1n) is 33.1. The van der Waals surface area contributed by atoms with Crippen LogP contribution in [0.2, 0.25) is 0 Å². The zero-order chi connectivity index (χ0) is 63.5. The second-order valence-corrected chi connectivity index (χ2v) is 33.5. The molecular weight excluding hydrogens is 1180 g/mol. The molecule has 0 saturated carbocycles. The van der Waals surface area contributed by atoms with Gasteiger partial charge in [-0.2, -0.15) is 0 Å². The Balaban J connectivity index is 0.810. The molecule has 16 aromatic rings. The van der Waals surface area contributed by atoms with Crippen molar-refractivity contribution in [2.45, 2.75) is 19.3 Å². The number of hydrogen-bond acceptors (Lipinski definition) is 2. The first-order valence-corrected chi connectivity index (χ1v) is 37.1. The van der Waals surface area contributed by atoms with Crippen LogP contribution in [0.5, 0.6) is 0 Å². The molecule has 0 bridgehead atoms. The molecule has 1 aliphatic carbocycles. The van der Waals surface area contributed by atoms with Crippen molar-refractivity contribution in [2.24, 2.45) is 0 Å². The van der Waals surface area contributed by atoms with Gasteiger partial charge in [-0.25, -0.2) is 0 Å². The lowest BCUT2D eigenvalue weighted by Crippen LogP contribution is -2.74. The van der Waals surface area contributed by atoms with Crippen molar-refractivity contribution in [3.8, 4) is 11.1 Å². The number of rotatable bonds is 14. The molecule has 0 N–H and O–H groups in total.